The number of ketones is 3. The van der Waals surface area contributed by atoms with Crippen molar-refractivity contribution in [2.24, 2.45) is 11.8 Å². The first kappa shape index (κ1) is 51.8. The number of hydrogen-bond acceptors (Lipinski definition) is 9. The predicted octanol–water partition coefficient (Wildman–Crippen LogP) is 8.56. The van der Waals surface area contributed by atoms with Crippen molar-refractivity contribution in [1.82, 2.24) is 15.1 Å². The molecule has 344 valence electrons. The van der Waals surface area contributed by atoms with Gasteiger partial charge in [-0.05, 0) is 61.6 Å². The summed E-state index contributed by atoms with van der Waals surface area (Å²) in [6.07, 6.45) is 16.0. The molecule has 12 nitrogen and oxygen atoms in total. The van der Waals surface area contributed by atoms with Crippen LogP contribution in [0.4, 0.5) is 0 Å². The average Bonchev–Trinajstić information content (AvgIpc) is 3.24. The van der Waals surface area contributed by atoms with E-state index in [0.717, 1.165) is 31.2 Å². The second kappa shape index (κ2) is 26.8. The van der Waals surface area contributed by atoms with Gasteiger partial charge in [0, 0.05) is 75.2 Å². The number of amides is 3. The number of aliphatic hydroxyl groups is 1. The number of phenolic OH excluding ortho intramolecular Hbond substituents is 2. The summed E-state index contributed by atoms with van der Waals surface area (Å²) in [6, 6.07) is 7.03. The van der Waals surface area contributed by atoms with E-state index < -0.39 is 42.2 Å². The summed E-state index contributed by atoms with van der Waals surface area (Å²) in [7, 11) is 3.00. The molecular weight excluding hydrogens is 787 g/mol. The Morgan fingerprint density at radius 2 is 1.27 bits per heavy atom. The molecule has 0 spiro atoms. The lowest BCUT2D eigenvalue weighted by Gasteiger charge is -2.29. The summed E-state index contributed by atoms with van der Waals surface area (Å²) < 4.78 is 0. The maximum Gasteiger partial charge on any atom is 0.223 e. The number of benzene rings is 2. The van der Waals surface area contributed by atoms with Crippen LogP contribution in [0.15, 0.2) is 36.4 Å². The Balaban J connectivity index is 1.53. The van der Waals surface area contributed by atoms with Crippen molar-refractivity contribution < 1.29 is 44.1 Å². The standard InChI is InChI=1S/C50H75N3O9/c1-7-8-9-10-11-12-13-14-15-16-17-18-19-20-47(60)52(5)41(33-54)45(58)24-21-34(2)42(55)27-28-48(61)53(6)49-38-23-26-44(57)40(32-38)39-31-37(22-25-43(39)56)30-36(4)51-50(62)35(3)29-46(49)59/h22-23,25-26,31-32,34-36,41,49,54,56-57H,7-21,24,27-30,33H2,1-6H3,(H,51,62)/t34?,35-,36-,41-,49+/m1/s1. The molecule has 0 saturated heterocycles. The molecule has 0 radical (unpaired) electrons. The van der Waals surface area contributed by atoms with E-state index in [9.17, 15) is 44.1 Å². The van der Waals surface area contributed by atoms with Gasteiger partial charge in [-0.25, -0.2) is 0 Å². The summed E-state index contributed by atoms with van der Waals surface area (Å²) in [6.45, 7) is 6.89. The Kier molecular flexibility index (Phi) is 22.4. The molecule has 4 bridgehead atoms. The minimum atomic E-state index is -1.16. The van der Waals surface area contributed by atoms with Gasteiger partial charge in [-0.3, -0.25) is 28.8 Å². The van der Waals surface area contributed by atoms with Crippen molar-refractivity contribution in [3.05, 3.63) is 47.5 Å². The average molecular weight is 862 g/mol. The largest absolute Gasteiger partial charge is 0.507 e. The Bertz CT molecular complexity index is 1790. The molecule has 0 aromatic heterocycles. The number of fused-ring (bicyclic) bond motifs is 5. The zero-order chi connectivity index (χ0) is 45.8. The number of nitrogens with one attached hydrogen (secondary N) is 1. The van der Waals surface area contributed by atoms with E-state index in [1.807, 2.05) is 6.92 Å². The molecule has 3 rings (SSSR count). The van der Waals surface area contributed by atoms with Crippen molar-refractivity contribution in [3.63, 3.8) is 0 Å². The number of carbonyl (C=O) groups excluding carboxylic acids is 6. The predicted molar refractivity (Wildman–Crippen MR) is 242 cm³/mol. The summed E-state index contributed by atoms with van der Waals surface area (Å²) in [5, 5.41) is 34.7. The van der Waals surface area contributed by atoms with E-state index >= 15 is 0 Å². The van der Waals surface area contributed by atoms with Crippen LogP contribution in [-0.4, -0.2) is 93.0 Å². The van der Waals surface area contributed by atoms with Crippen LogP contribution >= 0.6 is 0 Å². The van der Waals surface area contributed by atoms with E-state index in [1.54, 1.807) is 32.0 Å². The molecule has 0 aliphatic carbocycles. The van der Waals surface area contributed by atoms with Crippen molar-refractivity contribution in [3.8, 4) is 22.6 Å². The molecule has 0 saturated carbocycles. The first-order chi connectivity index (χ1) is 29.6. The van der Waals surface area contributed by atoms with Crippen LogP contribution in [0, 0.1) is 11.8 Å². The number of aromatic hydroxyl groups is 2. The molecule has 3 amide bonds. The van der Waals surface area contributed by atoms with Crippen LogP contribution in [-0.2, 0) is 35.2 Å². The number of nitrogens with zero attached hydrogens (tertiary/aromatic N) is 2. The van der Waals surface area contributed by atoms with Gasteiger partial charge in [-0.15, -0.1) is 0 Å². The number of hydrogen-bond donors (Lipinski definition) is 4. The highest BCUT2D eigenvalue weighted by atomic mass is 16.3. The lowest BCUT2D eigenvalue weighted by atomic mass is 9.89. The van der Waals surface area contributed by atoms with Gasteiger partial charge in [0.2, 0.25) is 17.7 Å². The van der Waals surface area contributed by atoms with Crippen molar-refractivity contribution >= 4 is 35.1 Å². The Morgan fingerprint density at radius 3 is 1.87 bits per heavy atom. The van der Waals surface area contributed by atoms with Crippen molar-refractivity contribution in [2.45, 2.75) is 174 Å². The highest BCUT2D eigenvalue weighted by Gasteiger charge is 2.33. The SMILES string of the molecule is CCCCCCCCCCCCCCCC(=O)N(C)[C@H](CO)C(=O)CCC(C)C(=O)CCC(=O)N(C)[C@@H]1C(=O)C[C@@H](C)C(=O)N[C@H](C)Cc2ccc(O)c(c2)-c2cc1ccc2O. The molecular formula is C50H75N3O9. The molecule has 2 aromatic rings. The topological polar surface area (TPSA) is 182 Å². The Morgan fingerprint density at radius 1 is 0.710 bits per heavy atom. The summed E-state index contributed by atoms with van der Waals surface area (Å²) in [5.74, 6) is -3.49. The molecule has 12 heteroatoms. The monoisotopic (exact) mass is 862 g/mol. The number of unbranched alkanes of at least 4 members (excludes halogenated alkanes) is 12. The molecule has 1 aliphatic rings. The van der Waals surface area contributed by atoms with E-state index in [2.05, 4.69) is 12.2 Å². The normalized spacial score (nSPS) is 17.7. The number of Topliss-reactive ketones (excluding diaryl/α,β-unsaturated/α-hetero) is 3. The van der Waals surface area contributed by atoms with Gasteiger partial charge in [0.25, 0.3) is 0 Å². The van der Waals surface area contributed by atoms with Gasteiger partial charge in [-0.1, -0.05) is 110 Å². The van der Waals surface area contributed by atoms with Crippen molar-refractivity contribution in [1.29, 1.82) is 0 Å². The van der Waals surface area contributed by atoms with Gasteiger partial charge < -0.3 is 30.4 Å². The summed E-state index contributed by atoms with van der Waals surface area (Å²) >= 11 is 0. The minimum Gasteiger partial charge on any atom is -0.507 e. The number of phenols is 2. The van der Waals surface area contributed by atoms with Gasteiger partial charge >= 0.3 is 0 Å². The third kappa shape index (κ3) is 16.3. The zero-order valence-electron chi connectivity index (χ0n) is 38.4. The van der Waals surface area contributed by atoms with Crippen LogP contribution in [0.3, 0.4) is 0 Å². The molecule has 1 unspecified atom stereocenters. The third-order valence-electron chi connectivity index (χ3n) is 12.5. The molecule has 1 aliphatic heterocycles. The second-order valence-corrected chi connectivity index (χ2v) is 17.8. The molecule has 4 N–H and O–H groups in total. The number of likely N-dealkylation sites (N-methyl/N-ethyl adjacent to an activating group) is 2. The van der Waals surface area contributed by atoms with Crippen LogP contribution in [0.25, 0.3) is 11.1 Å². The van der Waals surface area contributed by atoms with Crippen LogP contribution in [0.5, 0.6) is 11.5 Å². The summed E-state index contributed by atoms with van der Waals surface area (Å²) in [5.41, 5.74) is 1.78. The fraction of sp³-hybridized carbons (Fsp3) is 0.640. The third-order valence-corrected chi connectivity index (χ3v) is 12.5. The molecule has 0 fully saturated rings. The molecule has 62 heavy (non-hydrogen) atoms. The van der Waals surface area contributed by atoms with Gasteiger partial charge in [0.05, 0.1) is 6.61 Å². The van der Waals surface area contributed by atoms with Gasteiger partial charge in [0.15, 0.2) is 11.6 Å². The van der Waals surface area contributed by atoms with Crippen molar-refractivity contribution in [2.75, 3.05) is 20.7 Å². The van der Waals surface area contributed by atoms with Gasteiger partial charge in [-0.2, -0.15) is 0 Å². The first-order valence-electron chi connectivity index (χ1n) is 23.2. The molecule has 5 atom stereocenters. The smallest absolute Gasteiger partial charge is 0.223 e. The lowest BCUT2D eigenvalue weighted by molar-refractivity contribution is -0.140. The quantitative estimate of drug-likeness (QED) is 0.0711. The first-order valence-corrected chi connectivity index (χ1v) is 23.2. The number of rotatable bonds is 25. The summed E-state index contributed by atoms with van der Waals surface area (Å²) in [4.78, 5) is 82.8. The van der Waals surface area contributed by atoms with Crippen LogP contribution in [0.2, 0.25) is 0 Å². The maximum absolute atomic E-state index is 14.0. The van der Waals surface area contributed by atoms with E-state index in [-0.39, 0.29) is 78.6 Å². The van der Waals surface area contributed by atoms with Gasteiger partial charge in [0.1, 0.15) is 29.4 Å². The molecule has 1 heterocycles. The number of aliphatic hydroxyl groups excluding tert-OH is 1. The highest BCUT2D eigenvalue weighted by Crippen LogP contribution is 2.39. The lowest BCUT2D eigenvalue weighted by Crippen LogP contribution is -2.44. The Hall–Kier alpha value is -4.58. The fourth-order valence-corrected chi connectivity index (χ4v) is 8.35. The molecule has 2 aromatic carbocycles. The second-order valence-electron chi connectivity index (χ2n) is 17.8. The van der Waals surface area contributed by atoms with Crippen LogP contribution < -0.4 is 5.32 Å². The maximum atomic E-state index is 14.0. The Labute approximate surface area is 370 Å². The minimum absolute atomic E-state index is 0.0227. The van der Waals surface area contributed by atoms with E-state index in [1.165, 1.54) is 99.9 Å². The van der Waals surface area contributed by atoms with E-state index in [4.69, 9.17) is 0 Å². The number of carbonyl (C=O) groups is 6. The van der Waals surface area contributed by atoms with Crippen LogP contribution in [0.1, 0.15) is 167 Å². The highest BCUT2D eigenvalue weighted by molar-refractivity contribution is 5.95. The zero-order valence-corrected chi connectivity index (χ0v) is 38.4. The fourth-order valence-electron chi connectivity index (χ4n) is 8.35. The van der Waals surface area contributed by atoms with E-state index in [0.29, 0.717) is 24.0 Å².